The van der Waals surface area contributed by atoms with E-state index >= 15 is 0 Å². The van der Waals surface area contributed by atoms with Gasteiger partial charge in [0.1, 0.15) is 12.2 Å². The number of hydrogen-bond donors (Lipinski definition) is 3. The lowest BCUT2D eigenvalue weighted by Gasteiger charge is -2.35. The molecule has 70 heavy (non-hydrogen) atoms. The Bertz CT molecular complexity index is 2770. The van der Waals surface area contributed by atoms with Crippen LogP contribution in [0.5, 0.6) is 0 Å². The van der Waals surface area contributed by atoms with Crippen molar-refractivity contribution in [1.29, 1.82) is 0 Å². The van der Waals surface area contributed by atoms with Gasteiger partial charge < -0.3 is 30.6 Å². The van der Waals surface area contributed by atoms with E-state index in [9.17, 15) is 14.4 Å². The fourth-order valence-electron chi connectivity index (χ4n) is 12.3. The van der Waals surface area contributed by atoms with Gasteiger partial charge in [-0.05, 0) is 152 Å². The van der Waals surface area contributed by atoms with Gasteiger partial charge >= 0.3 is 11.4 Å². The van der Waals surface area contributed by atoms with E-state index in [0.717, 1.165) is 88.4 Å². The second-order valence-corrected chi connectivity index (χ2v) is 20.4. The number of aliphatic hydroxyl groups excluding tert-OH is 2. The fourth-order valence-corrected chi connectivity index (χ4v) is 13.2. The Labute approximate surface area is 413 Å². The van der Waals surface area contributed by atoms with E-state index in [4.69, 9.17) is 19.6 Å². The molecule has 0 aromatic heterocycles. The van der Waals surface area contributed by atoms with Crippen LogP contribution in [0.1, 0.15) is 71.9 Å². The summed E-state index contributed by atoms with van der Waals surface area (Å²) < 4.78 is 22.8. The van der Waals surface area contributed by atoms with Crippen molar-refractivity contribution < 1.29 is 22.8 Å². The number of rotatable bonds is 4. The number of azide groups is 1. The summed E-state index contributed by atoms with van der Waals surface area (Å²) in [6.45, 7) is 0. The maximum atomic E-state index is 11.7. The van der Waals surface area contributed by atoms with E-state index in [1.807, 2.05) is 12.1 Å². The molecule has 1 saturated heterocycles. The average Bonchev–Trinajstić information content (AvgIpc) is 4.06. The molecule has 2 unspecified atom stereocenters. The fraction of sp³-hybridized carbons (Fsp3) is 0.368. The highest BCUT2D eigenvalue weighted by atomic mass is 32.2. The Hall–Kier alpha value is -6.02. The van der Waals surface area contributed by atoms with Crippen molar-refractivity contribution in [2.24, 2.45) is 10.8 Å². The van der Waals surface area contributed by atoms with Gasteiger partial charge in [-0.3, -0.25) is 8.37 Å². The van der Waals surface area contributed by atoms with Crippen molar-refractivity contribution in [3.63, 3.8) is 0 Å². The van der Waals surface area contributed by atoms with Crippen LogP contribution in [0.25, 0.3) is 10.4 Å². The maximum absolute atomic E-state index is 11.7. The largest absolute Gasteiger partial charge is 0.391 e. The van der Waals surface area contributed by atoms with Gasteiger partial charge in [-0.2, -0.15) is 4.21 Å². The summed E-state index contributed by atoms with van der Waals surface area (Å²) >= 11 is -1.60. The van der Waals surface area contributed by atoms with Crippen molar-refractivity contribution in [2.75, 3.05) is 14.7 Å². The highest BCUT2D eigenvalue weighted by Crippen LogP contribution is 2.46. The first kappa shape index (κ1) is 46.4. The molecule has 10 atom stereocenters. The van der Waals surface area contributed by atoms with E-state index in [0.29, 0.717) is 0 Å². The predicted octanol–water partition coefficient (Wildman–Crippen LogP) is 10.3. The lowest BCUT2D eigenvalue weighted by molar-refractivity contribution is 0.148. The van der Waals surface area contributed by atoms with Crippen molar-refractivity contribution in [3.8, 4) is 0 Å². The van der Waals surface area contributed by atoms with Crippen molar-refractivity contribution in [2.45, 2.75) is 132 Å². The van der Waals surface area contributed by atoms with Crippen molar-refractivity contribution in [1.82, 2.24) is 0 Å². The minimum absolute atomic E-state index is 0.0570. The second kappa shape index (κ2) is 20.4. The van der Waals surface area contributed by atoms with Gasteiger partial charge in [-0.25, -0.2) is 0 Å². The van der Waals surface area contributed by atoms with Gasteiger partial charge in [0.2, 0.25) is 0 Å². The molecule has 360 valence electrons. The lowest BCUT2D eigenvalue weighted by Crippen LogP contribution is -2.43. The van der Waals surface area contributed by atoms with E-state index in [2.05, 4.69) is 158 Å². The van der Waals surface area contributed by atoms with E-state index < -0.39 is 23.6 Å². The van der Waals surface area contributed by atoms with Gasteiger partial charge in [0.25, 0.3) is 0 Å². The van der Waals surface area contributed by atoms with Crippen LogP contribution in [0.15, 0.2) is 151 Å². The third-order valence-electron chi connectivity index (χ3n) is 15.8. The molecule has 4 heterocycles. The molecular formula is C57H61N7O5S. The van der Waals surface area contributed by atoms with Gasteiger partial charge in [0.15, 0.2) is 0 Å². The van der Waals surface area contributed by atoms with Gasteiger partial charge in [-0.1, -0.05) is 114 Å². The van der Waals surface area contributed by atoms with E-state index in [1.165, 1.54) is 56.1 Å². The number of para-hydroxylation sites is 6. The molecule has 3 aliphatic carbocycles. The molecule has 7 aliphatic rings. The van der Waals surface area contributed by atoms with Crippen LogP contribution in [0.2, 0.25) is 0 Å². The number of hydrogen-bond acceptors (Lipinski definition) is 10. The Balaban J connectivity index is 0.000000114. The smallest absolute Gasteiger partial charge is 0.305 e. The number of nitrogens with zero attached hydrogens (tertiary/aromatic N) is 6. The van der Waals surface area contributed by atoms with Crippen LogP contribution in [-0.4, -0.2) is 69.0 Å². The normalized spacial score (nSPS) is 28.0. The molecule has 6 aromatic carbocycles. The number of aliphatic hydroxyl groups is 2. The molecule has 4 aliphatic heterocycles. The number of benzene rings is 6. The first-order valence-corrected chi connectivity index (χ1v) is 26.1. The van der Waals surface area contributed by atoms with Crippen LogP contribution < -0.4 is 20.4 Å². The highest BCUT2D eigenvalue weighted by molar-refractivity contribution is 7.75. The molecule has 0 bridgehead atoms. The monoisotopic (exact) mass is 955 g/mol. The second-order valence-electron chi connectivity index (χ2n) is 19.6. The molecule has 13 heteroatoms. The molecule has 3 saturated carbocycles. The Morgan fingerprint density at radius 2 is 0.829 bits per heavy atom. The summed E-state index contributed by atoms with van der Waals surface area (Å²) in [5, 5.41) is 25.1. The molecule has 6 aromatic rings. The predicted molar refractivity (Wildman–Crippen MR) is 277 cm³/mol. The van der Waals surface area contributed by atoms with E-state index in [1.54, 1.807) is 0 Å². The average molecular weight is 956 g/mol. The molecule has 12 nitrogen and oxygen atoms in total. The molecule has 0 amide bonds. The number of anilines is 6. The molecular weight excluding hydrogens is 895 g/mol. The summed E-state index contributed by atoms with van der Waals surface area (Å²) in [5.74, 6) is 0. The van der Waals surface area contributed by atoms with Crippen LogP contribution >= 0.6 is 0 Å². The summed E-state index contributed by atoms with van der Waals surface area (Å²) in [6.07, 6.45) is 10.0. The zero-order chi connectivity index (χ0) is 47.7. The summed E-state index contributed by atoms with van der Waals surface area (Å²) in [7, 11) is 0. The third kappa shape index (κ3) is 8.89. The first-order valence-electron chi connectivity index (χ1n) is 25.1. The number of fused-ring (bicyclic) bond motifs is 7. The standard InChI is InChI=1S/C19H20N4O.C19H22N2O.C19H19NO3S/c20-22-21-15-11-12-18(19(15)24)23-16-7-3-1-5-13(16)9-10-14-6-2-4-8-17(14)23;20-15-11-12-18(19(15)22)21-16-7-3-1-5-13(16)9-10-14-6-2-4-8-17(14)21;21-24-22-18-12-11-17(19(18)23-24)20-15-7-3-1-5-13(15)9-10-14-6-2-4-8-16(14)20/h1-8,15,18-19,24H,9-12H2;1-8,15,18-19,22H,9-12,20H2;1-8,17-19H,9-12H2/t2*15-,18+,19+;17-,18-,19?,24?/m001/s1. The Kier molecular flexibility index (Phi) is 13.5. The summed E-state index contributed by atoms with van der Waals surface area (Å²) in [5.41, 5.74) is 30.1. The first-order chi connectivity index (χ1) is 34.4. The lowest BCUT2D eigenvalue weighted by atomic mass is 10.0. The van der Waals surface area contributed by atoms with Crippen LogP contribution in [0.4, 0.5) is 34.1 Å². The Morgan fingerprint density at radius 3 is 1.20 bits per heavy atom. The van der Waals surface area contributed by atoms with Gasteiger partial charge in [-0.15, -0.1) is 0 Å². The van der Waals surface area contributed by atoms with Gasteiger partial charge in [0.05, 0.1) is 36.4 Å². The summed E-state index contributed by atoms with van der Waals surface area (Å²) in [6, 6.07) is 50.9. The quantitative estimate of drug-likeness (QED) is 0.0888. The highest BCUT2D eigenvalue weighted by Gasteiger charge is 2.49. The SMILES string of the molecule is N[C@H]1CC[C@@H](N2c3ccccc3CCc3ccccc32)[C@@H]1O.O=S1OC2[C@H](N3c4ccccc4CCc4ccccc43)CC[C@H]2O1.[N-]=[N+]=N[C@H]1CC[C@@H](N2c3ccccc3CCc3ccccc32)[C@@H]1O. The molecule has 4 fully saturated rings. The molecule has 0 spiro atoms. The third-order valence-corrected chi connectivity index (χ3v) is 16.5. The molecule has 4 N–H and O–H groups in total. The number of aryl methyl sites for hydroxylation is 6. The van der Waals surface area contributed by atoms with Crippen molar-refractivity contribution in [3.05, 3.63) is 189 Å². The minimum Gasteiger partial charge on any atom is -0.391 e. The Morgan fingerprint density at radius 1 is 0.486 bits per heavy atom. The van der Waals surface area contributed by atoms with Crippen LogP contribution in [-0.2, 0) is 58.3 Å². The van der Waals surface area contributed by atoms with Crippen molar-refractivity contribution >= 4 is 45.5 Å². The zero-order valence-electron chi connectivity index (χ0n) is 39.3. The molecule has 13 rings (SSSR count). The molecule has 0 radical (unpaired) electrons. The summed E-state index contributed by atoms with van der Waals surface area (Å²) in [4.78, 5) is 9.93. The van der Waals surface area contributed by atoms with Gasteiger partial charge in [0, 0.05) is 45.1 Å². The number of nitrogens with two attached hydrogens (primary N) is 1. The topological polar surface area (TPSA) is 160 Å². The van der Waals surface area contributed by atoms with Crippen LogP contribution in [0.3, 0.4) is 0 Å². The minimum atomic E-state index is -1.60. The zero-order valence-corrected chi connectivity index (χ0v) is 40.1. The maximum Gasteiger partial charge on any atom is 0.305 e. The van der Waals surface area contributed by atoms with E-state index in [-0.39, 0.29) is 42.4 Å². The van der Waals surface area contributed by atoms with Crippen LogP contribution in [0, 0.1) is 0 Å².